The number of aromatic carboxylic acids is 1. The molecule has 0 bridgehead atoms. The molecular weight excluding hydrogens is 288 g/mol. The summed E-state index contributed by atoms with van der Waals surface area (Å²) in [5.41, 5.74) is 0.763. The van der Waals surface area contributed by atoms with Gasteiger partial charge in [0.1, 0.15) is 21.9 Å². The number of aryl methyl sites for hydroxylation is 1. The Kier molecular flexibility index (Phi) is 3.77. The van der Waals surface area contributed by atoms with Crippen molar-refractivity contribution >= 4 is 33.3 Å². The first-order valence-corrected chi connectivity index (χ1v) is 7.82. The summed E-state index contributed by atoms with van der Waals surface area (Å²) in [7, 11) is 2.04. The zero-order valence-electron chi connectivity index (χ0n) is 12.1. The first-order chi connectivity index (χ1) is 10.1. The summed E-state index contributed by atoms with van der Waals surface area (Å²) < 4.78 is 0. The van der Waals surface area contributed by atoms with E-state index in [1.807, 2.05) is 14.0 Å². The molecule has 2 N–H and O–H groups in total. The van der Waals surface area contributed by atoms with Crippen LogP contribution in [0.15, 0.2) is 6.33 Å². The number of carboxylic acids is 1. The molecule has 0 aromatic carbocycles. The second kappa shape index (κ2) is 5.57. The van der Waals surface area contributed by atoms with Crippen LogP contribution in [-0.2, 0) is 0 Å². The molecule has 112 valence electrons. The number of rotatable bonds is 3. The molecule has 0 saturated carbocycles. The molecule has 3 rings (SSSR count). The van der Waals surface area contributed by atoms with Crippen molar-refractivity contribution in [2.45, 2.75) is 25.8 Å². The Morgan fingerprint density at radius 3 is 2.81 bits per heavy atom. The second-order valence-corrected chi connectivity index (χ2v) is 6.33. The zero-order chi connectivity index (χ0) is 15.0. The molecule has 6 nitrogen and oxygen atoms in total. The lowest BCUT2D eigenvalue weighted by Crippen LogP contribution is -2.41. The number of anilines is 1. The number of piperidine rings is 1. The van der Waals surface area contributed by atoms with Crippen LogP contribution >= 0.6 is 11.3 Å². The predicted octanol–water partition coefficient (Wildman–Crippen LogP) is 1.89. The van der Waals surface area contributed by atoms with Crippen molar-refractivity contribution in [3.8, 4) is 0 Å². The maximum absolute atomic E-state index is 11.3. The van der Waals surface area contributed by atoms with E-state index in [1.54, 1.807) is 0 Å². The molecule has 7 heteroatoms. The molecule has 3 heterocycles. The third-order valence-electron chi connectivity index (χ3n) is 4.09. The van der Waals surface area contributed by atoms with Crippen LogP contribution in [0, 0.1) is 6.92 Å². The molecule has 0 atom stereocenters. The van der Waals surface area contributed by atoms with Crippen molar-refractivity contribution in [2.75, 3.05) is 25.0 Å². The summed E-state index contributed by atoms with van der Waals surface area (Å²) in [6.07, 6.45) is 3.66. The number of carboxylic acid groups (broad SMARTS) is 1. The highest BCUT2D eigenvalue weighted by molar-refractivity contribution is 7.20. The van der Waals surface area contributed by atoms with E-state index in [9.17, 15) is 9.90 Å². The predicted molar refractivity (Wildman–Crippen MR) is 83.4 cm³/mol. The molecule has 0 unspecified atom stereocenters. The molecule has 1 fully saturated rings. The van der Waals surface area contributed by atoms with Gasteiger partial charge in [0.05, 0.1) is 5.39 Å². The van der Waals surface area contributed by atoms with E-state index in [2.05, 4.69) is 20.2 Å². The van der Waals surface area contributed by atoms with E-state index in [4.69, 9.17) is 0 Å². The SMILES string of the molecule is Cc1c(C(=O)O)sc2ncnc(N(C)C3CCNCC3)c12. The van der Waals surface area contributed by atoms with Gasteiger partial charge in [-0.1, -0.05) is 0 Å². The zero-order valence-corrected chi connectivity index (χ0v) is 12.9. The largest absolute Gasteiger partial charge is 0.477 e. The fourth-order valence-electron chi connectivity index (χ4n) is 2.89. The fraction of sp³-hybridized carbons (Fsp3) is 0.500. The molecule has 1 saturated heterocycles. The average Bonchev–Trinajstić information content (AvgIpc) is 2.85. The van der Waals surface area contributed by atoms with Crippen molar-refractivity contribution in [3.05, 3.63) is 16.8 Å². The average molecular weight is 306 g/mol. The normalized spacial score (nSPS) is 16.3. The van der Waals surface area contributed by atoms with Crippen molar-refractivity contribution in [1.82, 2.24) is 15.3 Å². The topological polar surface area (TPSA) is 78.3 Å². The molecule has 0 spiro atoms. The number of nitrogens with one attached hydrogen (secondary N) is 1. The van der Waals surface area contributed by atoms with Crippen molar-refractivity contribution in [3.63, 3.8) is 0 Å². The van der Waals surface area contributed by atoms with Crippen LogP contribution < -0.4 is 10.2 Å². The van der Waals surface area contributed by atoms with Gasteiger partial charge in [-0.25, -0.2) is 14.8 Å². The van der Waals surface area contributed by atoms with Crippen LogP contribution in [0.2, 0.25) is 0 Å². The Hall–Kier alpha value is -1.73. The smallest absolute Gasteiger partial charge is 0.346 e. The highest BCUT2D eigenvalue weighted by atomic mass is 32.1. The second-order valence-electron chi connectivity index (χ2n) is 5.33. The molecule has 21 heavy (non-hydrogen) atoms. The van der Waals surface area contributed by atoms with Gasteiger partial charge < -0.3 is 15.3 Å². The highest BCUT2D eigenvalue weighted by Gasteiger charge is 2.24. The summed E-state index contributed by atoms with van der Waals surface area (Å²) in [6.45, 7) is 3.85. The fourth-order valence-corrected chi connectivity index (χ4v) is 3.87. The van der Waals surface area contributed by atoms with Gasteiger partial charge in [-0.15, -0.1) is 11.3 Å². The summed E-state index contributed by atoms with van der Waals surface area (Å²) in [6, 6.07) is 0.428. The third-order valence-corrected chi connectivity index (χ3v) is 5.28. The minimum Gasteiger partial charge on any atom is -0.477 e. The Bertz CT molecular complexity index is 679. The van der Waals surface area contributed by atoms with E-state index < -0.39 is 5.97 Å². The van der Waals surface area contributed by atoms with E-state index in [-0.39, 0.29) is 0 Å². The van der Waals surface area contributed by atoms with Crippen LogP contribution in [0.25, 0.3) is 10.2 Å². The van der Waals surface area contributed by atoms with Gasteiger partial charge >= 0.3 is 5.97 Å². The Balaban J connectivity index is 2.07. The molecule has 0 aliphatic carbocycles. The first kappa shape index (κ1) is 14.2. The van der Waals surface area contributed by atoms with Crippen LogP contribution in [0.3, 0.4) is 0 Å². The third kappa shape index (κ3) is 2.47. The van der Waals surface area contributed by atoms with Gasteiger partial charge in [0.15, 0.2) is 0 Å². The van der Waals surface area contributed by atoms with E-state index in [1.165, 1.54) is 17.7 Å². The molecule has 1 aliphatic heterocycles. The quantitative estimate of drug-likeness (QED) is 0.901. The lowest BCUT2D eigenvalue weighted by Gasteiger charge is -2.32. The van der Waals surface area contributed by atoms with Crippen LogP contribution in [-0.4, -0.2) is 47.2 Å². The Labute approximate surface area is 126 Å². The number of thiophene rings is 1. The number of aromatic nitrogens is 2. The molecule has 1 aliphatic rings. The van der Waals surface area contributed by atoms with Gasteiger partial charge in [-0.3, -0.25) is 0 Å². The molecule has 2 aromatic rings. The minimum atomic E-state index is -0.897. The molecule has 0 amide bonds. The minimum absolute atomic E-state index is 0.352. The lowest BCUT2D eigenvalue weighted by molar-refractivity contribution is 0.0701. The summed E-state index contributed by atoms with van der Waals surface area (Å²) in [5, 5.41) is 13.5. The summed E-state index contributed by atoms with van der Waals surface area (Å²) >= 11 is 1.22. The summed E-state index contributed by atoms with van der Waals surface area (Å²) in [5.74, 6) is -0.0564. The van der Waals surface area contributed by atoms with Gasteiger partial charge in [0, 0.05) is 13.1 Å². The lowest BCUT2D eigenvalue weighted by atomic mass is 10.0. The van der Waals surface area contributed by atoms with Gasteiger partial charge in [0.25, 0.3) is 0 Å². The molecule has 0 radical (unpaired) electrons. The van der Waals surface area contributed by atoms with E-state index >= 15 is 0 Å². The van der Waals surface area contributed by atoms with Crippen molar-refractivity contribution in [1.29, 1.82) is 0 Å². The van der Waals surface area contributed by atoms with Crippen LogP contribution in [0.1, 0.15) is 28.1 Å². The first-order valence-electron chi connectivity index (χ1n) is 7.00. The van der Waals surface area contributed by atoms with Crippen molar-refractivity contribution in [2.24, 2.45) is 0 Å². The number of hydrogen-bond acceptors (Lipinski definition) is 6. The van der Waals surface area contributed by atoms with E-state index in [0.29, 0.717) is 10.9 Å². The van der Waals surface area contributed by atoms with E-state index in [0.717, 1.165) is 47.5 Å². The van der Waals surface area contributed by atoms with Gasteiger partial charge in [-0.05, 0) is 38.4 Å². The number of carbonyl (C=O) groups is 1. The van der Waals surface area contributed by atoms with Crippen LogP contribution in [0.4, 0.5) is 5.82 Å². The molecule has 2 aromatic heterocycles. The maximum Gasteiger partial charge on any atom is 0.346 e. The standard InChI is InChI=1S/C14H18N4O2S/c1-8-10-12(18(2)9-3-5-15-6-4-9)16-7-17-13(10)21-11(8)14(19)20/h7,9,15H,3-6H2,1-2H3,(H,19,20). The Morgan fingerprint density at radius 1 is 1.43 bits per heavy atom. The number of hydrogen-bond donors (Lipinski definition) is 2. The maximum atomic E-state index is 11.3. The van der Waals surface area contributed by atoms with Crippen LogP contribution in [0.5, 0.6) is 0 Å². The Morgan fingerprint density at radius 2 is 2.14 bits per heavy atom. The van der Waals surface area contributed by atoms with Gasteiger partial charge in [0.2, 0.25) is 0 Å². The van der Waals surface area contributed by atoms with Crippen molar-refractivity contribution < 1.29 is 9.90 Å². The monoisotopic (exact) mass is 306 g/mol. The number of nitrogens with zero attached hydrogens (tertiary/aromatic N) is 3. The number of fused-ring (bicyclic) bond motifs is 1. The van der Waals surface area contributed by atoms with Gasteiger partial charge in [-0.2, -0.15) is 0 Å². The molecular formula is C14H18N4O2S. The summed E-state index contributed by atoms with van der Waals surface area (Å²) in [4.78, 5) is 23.3. The highest BCUT2D eigenvalue weighted by Crippen LogP contribution is 2.35.